The van der Waals surface area contributed by atoms with Crippen LogP contribution in [0.5, 0.6) is 0 Å². The Kier molecular flexibility index (Phi) is 4.91. The minimum Gasteiger partial charge on any atom is -0.370 e. The van der Waals surface area contributed by atoms with Crippen LogP contribution in [-0.4, -0.2) is 24.7 Å². The van der Waals surface area contributed by atoms with Gasteiger partial charge in [-0.1, -0.05) is 6.92 Å². The van der Waals surface area contributed by atoms with Gasteiger partial charge in [-0.05, 0) is 6.92 Å². The van der Waals surface area contributed by atoms with Crippen LogP contribution in [0.1, 0.15) is 13.8 Å². The van der Waals surface area contributed by atoms with Gasteiger partial charge in [-0.3, -0.25) is 9.09 Å². The SMILES string of the molecule is CCOP(=O)(CC)OCO. The molecule has 0 radical (unpaired) electrons. The zero-order valence-corrected chi connectivity index (χ0v) is 7.13. The Morgan fingerprint density at radius 2 is 2.00 bits per heavy atom. The third-order valence-electron chi connectivity index (χ3n) is 0.968. The van der Waals surface area contributed by atoms with E-state index in [2.05, 4.69) is 4.52 Å². The second-order valence-electron chi connectivity index (χ2n) is 1.60. The molecule has 0 aliphatic rings. The van der Waals surface area contributed by atoms with E-state index in [9.17, 15) is 4.57 Å². The molecular formula is C5H13O4P. The molecule has 0 aromatic rings. The fraction of sp³-hybridized carbons (Fsp3) is 1.00. The van der Waals surface area contributed by atoms with Crippen molar-refractivity contribution in [2.75, 3.05) is 19.6 Å². The van der Waals surface area contributed by atoms with E-state index in [1.165, 1.54) is 0 Å². The van der Waals surface area contributed by atoms with Crippen molar-refractivity contribution in [3.05, 3.63) is 0 Å². The van der Waals surface area contributed by atoms with Crippen molar-refractivity contribution in [1.82, 2.24) is 0 Å². The van der Waals surface area contributed by atoms with Crippen molar-refractivity contribution in [1.29, 1.82) is 0 Å². The van der Waals surface area contributed by atoms with Gasteiger partial charge in [0.1, 0.15) is 0 Å². The van der Waals surface area contributed by atoms with E-state index in [4.69, 9.17) is 9.63 Å². The van der Waals surface area contributed by atoms with Gasteiger partial charge in [0, 0.05) is 6.16 Å². The lowest BCUT2D eigenvalue weighted by Crippen LogP contribution is -1.98. The summed E-state index contributed by atoms with van der Waals surface area (Å²) >= 11 is 0. The molecule has 62 valence electrons. The molecule has 0 fully saturated rings. The number of hydrogen-bond acceptors (Lipinski definition) is 4. The van der Waals surface area contributed by atoms with Crippen molar-refractivity contribution < 1.29 is 18.7 Å². The maximum absolute atomic E-state index is 11.2. The molecule has 5 heteroatoms. The van der Waals surface area contributed by atoms with E-state index >= 15 is 0 Å². The summed E-state index contributed by atoms with van der Waals surface area (Å²) in [5, 5.41) is 8.29. The lowest BCUT2D eigenvalue weighted by molar-refractivity contribution is 0.0777. The van der Waals surface area contributed by atoms with Crippen LogP contribution in [0, 0.1) is 0 Å². The van der Waals surface area contributed by atoms with Crippen molar-refractivity contribution in [3.63, 3.8) is 0 Å². The Morgan fingerprint density at radius 1 is 1.40 bits per heavy atom. The highest BCUT2D eigenvalue weighted by atomic mass is 31.2. The van der Waals surface area contributed by atoms with Gasteiger partial charge in [0.05, 0.1) is 6.61 Å². The van der Waals surface area contributed by atoms with Crippen LogP contribution >= 0.6 is 7.60 Å². The highest BCUT2D eigenvalue weighted by Gasteiger charge is 2.19. The lowest BCUT2D eigenvalue weighted by atomic mass is 10.9. The predicted octanol–water partition coefficient (Wildman–Crippen LogP) is 1.20. The van der Waals surface area contributed by atoms with Crippen LogP contribution < -0.4 is 0 Å². The highest BCUT2D eigenvalue weighted by Crippen LogP contribution is 2.46. The average Bonchev–Trinajstić information content (AvgIpc) is 1.89. The number of rotatable bonds is 5. The van der Waals surface area contributed by atoms with Crippen molar-refractivity contribution in [2.24, 2.45) is 0 Å². The Bertz CT molecular complexity index is 115. The summed E-state index contributed by atoms with van der Waals surface area (Å²) in [6.45, 7) is 3.20. The monoisotopic (exact) mass is 168 g/mol. The van der Waals surface area contributed by atoms with Crippen LogP contribution in [0.25, 0.3) is 0 Å². The summed E-state index contributed by atoms with van der Waals surface area (Å²) in [6, 6.07) is 0. The number of hydrogen-bond donors (Lipinski definition) is 1. The molecule has 1 unspecified atom stereocenters. The van der Waals surface area contributed by atoms with E-state index in [-0.39, 0.29) is 0 Å². The van der Waals surface area contributed by atoms with E-state index in [0.29, 0.717) is 12.8 Å². The van der Waals surface area contributed by atoms with Crippen LogP contribution in [0.4, 0.5) is 0 Å². The summed E-state index contributed by atoms with van der Waals surface area (Å²) in [5.74, 6) is 0. The van der Waals surface area contributed by atoms with E-state index in [0.717, 1.165) is 0 Å². The van der Waals surface area contributed by atoms with Gasteiger partial charge in [0.2, 0.25) is 0 Å². The fourth-order valence-corrected chi connectivity index (χ4v) is 1.51. The Hall–Kier alpha value is 0.110. The number of aliphatic hydroxyl groups is 1. The first-order chi connectivity index (χ1) is 4.68. The average molecular weight is 168 g/mol. The van der Waals surface area contributed by atoms with Gasteiger partial charge in [0.25, 0.3) is 0 Å². The van der Waals surface area contributed by atoms with Gasteiger partial charge in [-0.25, -0.2) is 0 Å². The molecule has 0 saturated carbocycles. The summed E-state index contributed by atoms with van der Waals surface area (Å²) in [5.41, 5.74) is 0. The molecule has 0 saturated heterocycles. The van der Waals surface area contributed by atoms with Crippen LogP contribution in [0.2, 0.25) is 0 Å². The lowest BCUT2D eigenvalue weighted by Gasteiger charge is -2.13. The maximum atomic E-state index is 11.2. The molecule has 10 heavy (non-hydrogen) atoms. The standard InChI is InChI=1S/C5H13O4P/c1-3-8-10(7,4-2)9-5-6/h6H,3-5H2,1-2H3. The summed E-state index contributed by atoms with van der Waals surface area (Å²) in [4.78, 5) is 0. The van der Waals surface area contributed by atoms with Crippen molar-refractivity contribution in [2.45, 2.75) is 13.8 Å². The van der Waals surface area contributed by atoms with Gasteiger partial charge in [-0.2, -0.15) is 0 Å². The van der Waals surface area contributed by atoms with Crippen LogP contribution in [-0.2, 0) is 13.6 Å². The quantitative estimate of drug-likeness (QED) is 0.495. The van der Waals surface area contributed by atoms with Crippen LogP contribution in [0.3, 0.4) is 0 Å². The summed E-state index contributed by atoms with van der Waals surface area (Å²) in [7, 11) is -2.95. The molecular weight excluding hydrogens is 155 g/mol. The third kappa shape index (κ3) is 3.32. The van der Waals surface area contributed by atoms with Crippen molar-refractivity contribution in [3.8, 4) is 0 Å². The molecule has 4 nitrogen and oxygen atoms in total. The molecule has 0 aliphatic carbocycles. The Labute approximate surface area is 60.7 Å². The third-order valence-corrected chi connectivity index (χ3v) is 2.90. The van der Waals surface area contributed by atoms with Crippen LogP contribution in [0.15, 0.2) is 0 Å². The second-order valence-corrected chi connectivity index (χ2v) is 3.97. The summed E-state index contributed by atoms with van der Waals surface area (Å²) in [6.07, 6.45) is 0.293. The first-order valence-electron chi connectivity index (χ1n) is 3.17. The molecule has 0 aliphatic heterocycles. The van der Waals surface area contributed by atoms with Gasteiger partial charge in [-0.15, -0.1) is 0 Å². The van der Waals surface area contributed by atoms with Gasteiger partial charge < -0.3 is 9.63 Å². The molecule has 0 spiro atoms. The van der Waals surface area contributed by atoms with E-state index in [1.54, 1.807) is 13.8 Å². The Morgan fingerprint density at radius 3 is 2.30 bits per heavy atom. The van der Waals surface area contributed by atoms with Crippen molar-refractivity contribution >= 4 is 7.60 Å². The molecule has 1 atom stereocenters. The molecule has 0 rings (SSSR count). The normalized spacial score (nSPS) is 16.7. The summed E-state index contributed by atoms with van der Waals surface area (Å²) < 4.78 is 20.5. The van der Waals surface area contributed by atoms with E-state index < -0.39 is 14.4 Å². The fourth-order valence-electron chi connectivity index (χ4n) is 0.505. The minimum atomic E-state index is -2.95. The first-order valence-corrected chi connectivity index (χ1v) is 4.90. The van der Waals surface area contributed by atoms with Gasteiger partial charge >= 0.3 is 7.60 Å². The topological polar surface area (TPSA) is 55.8 Å². The van der Waals surface area contributed by atoms with Gasteiger partial charge in [0.15, 0.2) is 6.79 Å². The maximum Gasteiger partial charge on any atom is 0.332 e. The molecule has 1 N–H and O–H groups in total. The molecule has 0 bridgehead atoms. The highest BCUT2D eigenvalue weighted by molar-refractivity contribution is 7.53. The smallest absolute Gasteiger partial charge is 0.332 e. The zero-order chi connectivity index (χ0) is 8.04. The number of aliphatic hydroxyl groups excluding tert-OH is 1. The molecule has 0 aromatic carbocycles. The minimum absolute atomic E-state index is 0.293. The largest absolute Gasteiger partial charge is 0.370 e. The molecule has 0 heterocycles. The molecule has 0 amide bonds. The zero-order valence-electron chi connectivity index (χ0n) is 6.24. The first kappa shape index (κ1) is 10.1. The Balaban J connectivity index is 3.83. The predicted molar refractivity (Wildman–Crippen MR) is 37.9 cm³/mol. The molecule has 0 aromatic heterocycles. The second kappa shape index (κ2) is 4.85. The van der Waals surface area contributed by atoms with E-state index in [1.807, 2.05) is 0 Å².